The van der Waals surface area contributed by atoms with Crippen molar-refractivity contribution in [3.63, 3.8) is 0 Å². The van der Waals surface area contributed by atoms with E-state index in [-0.39, 0.29) is 42.1 Å². The van der Waals surface area contributed by atoms with Crippen molar-refractivity contribution in [2.75, 3.05) is 7.11 Å². The highest BCUT2D eigenvalue weighted by Gasteiger charge is 2.48. The highest BCUT2D eigenvalue weighted by molar-refractivity contribution is 5.77. The topological polar surface area (TPSA) is 88.5 Å². The summed E-state index contributed by atoms with van der Waals surface area (Å²) < 4.78 is 11.3. The van der Waals surface area contributed by atoms with E-state index >= 15 is 0 Å². The molecule has 2 saturated heterocycles. The lowest BCUT2D eigenvalue weighted by Crippen LogP contribution is -2.61. The molecule has 0 atom stereocenters. The quantitative estimate of drug-likeness (QED) is 0.621. The first-order chi connectivity index (χ1) is 14.0. The van der Waals surface area contributed by atoms with Crippen LogP contribution in [0.15, 0.2) is 0 Å². The van der Waals surface area contributed by atoms with Gasteiger partial charge in [-0.2, -0.15) is 10.1 Å². The van der Waals surface area contributed by atoms with Crippen molar-refractivity contribution < 1.29 is 29.1 Å². The third kappa shape index (κ3) is 6.18. The van der Waals surface area contributed by atoms with Gasteiger partial charge in [0.05, 0.1) is 20.0 Å². The van der Waals surface area contributed by atoms with Gasteiger partial charge in [-0.05, 0) is 55.4 Å². The molecule has 180 valence electrons. The first kappa shape index (κ1) is 26.0. The lowest BCUT2D eigenvalue weighted by Gasteiger charge is -2.52. The maximum atomic E-state index is 12.4. The first-order valence-corrected chi connectivity index (χ1v) is 11.2. The molecule has 1 N–H and O–H groups in total. The molecule has 0 saturated carbocycles. The number of ether oxygens (including phenoxy) is 2. The third-order valence-electron chi connectivity index (χ3n) is 6.47. The molecule has 0 aromatic rings. The molecule has 0 spiro atoms. The van der Waals surface area contributed by atoms with Gasteiger partial charge < -0.3 is 19.5 Å². The van der Waals surface area contributed by atoms with Gasteiger partial charge in [-0.1, -0.05) is 0 Å². The summed E-state index contributed by atoms with van der Waals surface area (Å²) in [5.41, 5.74) is -1.55. The number of carbonyl (C=O) groups excluding carboxylic acids is 2. The van der Waals surface area contributed by atoms with Gasteiger partial charge in [0.1, 0.15) is 12.2 Å². The van der Waals surface area contributed by atoms with Crippen molar-refractivity contribution in [3.8, 4) is 0 Å². The van der Waals surface area contributed by atoms with Crippen LogP contribution in [-0.4, -0.2) is 68.7 Å². The van der Waals surface area contributed by atoms with Crippen LogP contribution in [-0.2, 0) is 23.9 Å². The van der Waals surface area contributed by atoms with Crippen LogP contribution >= 0.6 is 0 Å². The number of esters is 2. The Morgan fingerprint density at radius 3 is 1.39 bits per heavy atom. The second-order valence-electron chi connectivity index (χ2n) is 11.6. The molecule has 2 rings (SSSR count). The van der Waals surface area contributed by atoms with Gasteiger partial charge in [0.25, 0.3) is 0 Å². The minimum Gasteiger partial charge on any atom is -0.462 e. The van der Waals surface area contributed by atoms with Crippen LogP contribution in [0.3, 0.4) is 0 Å². The highest BCUT2D eigenvalue weighted by Crippen LogP contribution is 2.40. The Morgan fingerprint density at radius 1 is 0.742 bits per heavy atom. The average Bonchev–Trinajstić information content (AvgIpc) is 2.55. The van der Waals surface area contributed by atoms with Crippen molar-refractivity contribution in [3.05, 3.63) is 0 Å². The summed E-state index contributed by atoms with van der Waals surface area (Å²) in [6, 6.07) is 0. The minimum atomic E-state index is -0.498. The molecule has 0 aromatic heterocycles. The summed E-state index contributed by atoms with van der Waals surface area (Å²) in [5, 5.41) is 13.7. The van der Waals surface area contributed by atoms with Gasteiger partial charge in [0.15, 0.2) is 0 Å². The fourth-order valence-electron chi connectivity index (χ4n) is 5.71. The Labute approximate surface area is 187 Å². The molecule has 0 aliphatic carbocycles. The predicted molar refractivity (Wildman–Crippen MR) is 116 cm³/mol. The molecule has 0 bridgehead atoms. The van der Waals surface area contributed by atoms with Crippen molar-refractivity contribution in [2.24, 2.45) is 0 Å². The van der Waals surface area contributed by atoms with Gasteiger partial charge >= 0.3 is 11.9 Å². The molecule has 0 radical (unpaired) electrons. The smallest absolute Gasteiger partial charge is 0.306 e. The molecule has 8 nitrogen and oxygen atoms in total. The number of nitrogens with zero attached hydrogens (tertiary/aromatic N) is 2. The van der Waals surface area contributed by atoms with Crippen molar-refractivity contribution in [1.29, 1.82) is 0 Å². The van der Waals surface area contributed by atoms with Crippen LogP contribution in [0.25, 0.3) is 0 Å². The van der Waals surface area contributed by atoms with Crippen molar-refractivity contribution in [2.45, 2.75) is 128 Å². The number of carbonyl (C=O) groups is 2. The van der Waals surface area contributed by atoms with E-state index in [1.807, 2.05) is 32.8 Å². The minimum absolute atomic E-state index is 0.00415. The predicted octanol–water partition coefficient (Wildman–Crippen LogP) is 3.85. The average molecular weight is 443 g/mol. The lowest BCUT2D eigenvalue weighted by molar-refractivity contribution is -0.278. The van der Waals surface area contributed by atoms with Gasteiger partial charge in [-0.15, -0.1) is 0 Å². The van der Waals surface area contributed by atoms with E-state index in [0.717, 1.165) is 0 Å². The lowest BCUT2D eigenvalue weighted by atomic mass is 9.80. The summed E-state index contributed by atoms with van der Waals surface area (Å²) >= 11 is 0. The second-order valence-corrected chi connectivity index (χ2v) is 11.6. The van der Waals surface area contributed by atoms with E-state index in [2.05, 4.69) is 27.7 Å². The summed E-state index contributed by atoms with van der Waals surface area (Å²) in [6.07, 6.45) is 1.84. The number of hydrogen-bond donors (Lipinski definition) is 1. The second kappa shape index (κ2) is 8.96. The molecule has 0 aromatic carbocycles. The zero-order valence-corrected chi connectivity index (χ0v) is 20.8. The maximum absolute atomic E-state index is 12.4. The molecular weight excluding hydrogens is 400 g/mol. The molecular formula is C23H42N2O6. The Balaban J connectivity index is 1.84. The number of piperidine rings is 2. The largest absolute Gasteiger partial charge is 0.462 e. The first-order valence-electron chi connectivity index (χ1n) is 11.2. The van der Waals surface area contributed by atoms with E-state index in [1.54, 1.807) is 7.11 Å². The Morgan fingerprint density at radius 2 is 1.06 bits per heavy atom. The van der Waals surface area contributed by atoms with E-state index in [1.165, 1.54) is 5.06 Å². The SMILES string of the molecule is CON1C(C)(C)CC(OC(=O)CCC(=O)OC2CC(C)(C)N(O)C(C)(C)C2)CC1(C)C. The molecule has 2 heterocycles. The Kier molecular flexibility index (Phi) is 7.53. The number of hydroxylamine groups is 4. The number of hydrogen-bond acceptors (Lipinski definition) is 8. The van der Waals surface area contributed by atoms with Crippen LogP contribution in [0, 0.1) is 0 Å². The van der Waals surface area contributed by atoms with Crippen LogP contribution in [0.5, 0.6) is 0 Å². The third-order valence-corrected chi connectivity index (χ3v) is 6.47. The van der Waals surface area contributed by atoms with Gasteiger partial charge in [-0.25, -0.2) is 0 Å². The fraction of sp³-hybridized carbons (Fsp3) is 0.913. The molecule has 8 heteroatoms. The number of rotatable bonds is 6. The Bertz CT molecular complexity index is 637. The van der Waals surface area contributed by atoms with E-state index < -0.39 is 17.0 Å². The summed E-state index contributed by atoms with van der Waals surface area (Å²) in [7, 11) is 1.66. The zero-order chi connectivity index (χ0) is 23.8. The van der Waals surface area contributed by atoms with E-state index in [0.29, 0.717) is 25.7 Å². The van der Waals surface area contributed by atoms with E-state index in [9.17, 15) is 14.8 Å². The molecule has 2 fully saturated rings. The molecule has 0 amide bonds. The normalized spacial score (nSPS) is 26.4. The maximum Gasteiger partial charge on any atom is 0.306 e. The van der Waals surface area contributed by atoms with Crippen molar-refractivity contribution >= 4 is 11.9 Å². The van der Waals surface area contributed by atoms with Crippen molar-refractivity contribution in [1.82, 2.24) is 10.1 Å². The fourth-order valence-corrected chi connectivity index (χ4v) is 5.71. The molecule has 2 aliphatic rings. The monoisotopic (exact) mass is 442 g/mol. The van der Waals surface area contributed by atoms with Gasteiger partial charge in [0, 0.05) is 47.8 Å². The summed E-state index contributed by atoms with van der Waals surface area (Å²) in [6.45, 7) is 15.9. The van der Waals surface area contributed by atoms with Gasteiger partial charge in [0.2, 0.25) is 0 Å². The van der Waals surface area contributed by atoms with E-state index in [4.69, 9.17) is 14.3 Å². The van der Waals surface area contributed by atoms with Crippen LogP contribution < -0.4 is 0 Å². The molecule has 0 unspecified atom stereocenters. The highest BCUT2D eigenvalue weighted by atomic mass is 16.7. The van der Waals surface area contributed by atoms with Crippen LogP contribution in [0.2, 0.25) is 0 Å². The zero-order valence-electron chi connectivity index (χ0n) is 20.8. The summed E-state index contributed by atoms with van der Waals surface area (Å²) in [4.78, 5) is 30.4. The van der Waals surface area contributed by atoms with Gasteiger partial charge in [-0.3, -0.25) is 9.59 Å². The van der Waals surface area contributed by atoms with Crippen LogP contribution in [0.1, 0.15) is 93.9 Å². The standard InChI is InChI=1S/C23H42N2O6/c1-20(2)12-16(13-21(3,4)24(20)28)30-18(26)10-11-19(27)31-17-14-22(5,6)25(29-9)23(7,8)15-17/h16-17,28H,10-15H2,1-9H3. The van der Waals surface area contributed by atoms with Crippen LogP contribution in [0.4, 0.5) is 0 Å². The molecule has 31 heavy (non-hydrogen) atoms. The Hall–Kier alpha value is -1.22. The molecule has 2 aliphatic heterocycles. The summed E-state index contributed by atoms with van der Waals surface area (Å²) in [5.74, 6) is -0.792.